The SMILES string of the molecule is COc1ccc(N2CCN(C(=O)CCC3CCCCC3)CC2)c([N+](=O)[O-])c1. The van der Waals surface area contributed by atoms with Crippen molar-refractivity contribution in [3.8, 4) is 5.75 Å². The molecular formula is C20H29N3O4. The first-order valence-electron chi connectivity index (χ1n) is 9.93. The van der Waals surface area contributed by atoms with E-state index in [1.807, 2.05) is 9.80 Å². The molecule has 1 heterocycles. The molecule has 7 nitrogen and oxygen atoms in total. The van der Waals surface area contributed by atoms with E-state index in [1.165, 1.54) is 45.3 Å². The summed E-state index contributed by atoms with van der Waals surface area (Å²) in [7, 11) is 1.50. The molecule has 2 fully saturated rings. The second-order valence-corrected chi connectivity index (χ2v) is 7.52. The number of nitrogens with zero attached hydrogens (tertiary/aromatic N) is 3. The van der Waals surface area contributed by atoms with Crippen molar-refractivity contribution >= 4 is 17.3 Å². The lowest BCUT2D eigenvalue weighted by atomic mass is 9.86. The summed E-state index contributed by atoms with van der Waals surface area (Å²) >= 11 is 0. The highest BCUT2D eigenvalue weighted by molar-refractivity contribution is 5.76. The molecule has 0 radical (unpaired) electrons. The van der Waals surface area contributed by atoms with Gasteiger partial charge in [0.2, 0.25) is 5.91 Å². The molecule has 2 aliphatic rings. The van der Waals surface area contributed by atoms with E-state index in [1.54, 1.807) is 12.1 Å². The molecule has 1 aliphatic heterocycles. The van der Waals surface area contributed by atoms with Gasteiger partial charge in [-0.2, -0.15) is 0 Å². The minimum atomic E-state index is -0.375. The lowest BCUT2D eigenvalue weighted by Crippen LogP contribution is -2.49. The smallest absolute Gasteiger partial charge is 0.296 e. The van der Waals surface area contributed by atoms with Crippen LogP contribution in [0.25, 0.3) is 0 Å². The van der Waals surface area contributed by atoms with Gasteiger partial charge in [0, 0.05) is 32.6 Å². The van der Waals surface area contributed by atoms with Gasteiger partial charge in [-0.15, -0.1) is 0 Å². The molecule has 0 atom stereocenters. The van der Waals surface area contributed by atoms with E-state index in [2.05, 4.69) is 0 Å². The Balaban J connectivity index is 1.54. The van der Waals surface area contributed by atoms with Gasteiger partial charge < -0.3 is 14.5 Å². The number of ether oxygens (including phenoxy) is 1. The van der Waals surface area contributed by atoms with Gasteiger partial charge in [-0.3, -0.25) is 14.9 Å². The molecule has 0 spiro atoms. The molecule has 148 valence electrons. The largest absolute Gasteiger partial charge is 0.496 e. The van der Waals surface area contributed by atoms with Crippen LogP contribution in [0.15, 0.2) is 18.2 Å². The molecule has 0 bridgehead atoms. The Morgan fingerprint density at radius 2 is 1.89 bits per heavy atom. The summed E-state index contributed by atoms with van der Waals surface area (Å²) in [6.45, 7) is 2.46. The number of anilines is 1. The predicted octanol–water partition coefficient (Wildman–Crippen LogP) is 3.61. The Bertz CT molecular complexity index is 665. The summed E-state index contributed by atoms with van der Waals surface area (Å²) in [6.07, 6.45) is 8.11. The van der Waals surface area contributed by atoms with Crippen molar-refractivity contribution in [2.24, 2.45) is 5.92 Å². The van der Waals surface area contributed by atoms with Crippen LogP contribution < -0.4 is 9.64 Å². The summed E-state index contributed by atoms with van der Waals surface area (Å²) < 4.78 is 5.10. The maximum absolute atomic E-state index is 12.5. The highest BCUT2D eigenvalue weighted by Crippen LogP contribution is 2.33. The van der Waals surface area contributed by atoms with Crippen LogP contribution in [0.4, 0.5) is 11.4 Å². The average Bonchev–Trinajstić information content (AvgIpc) is 2.72. The second kappa shape index (κ2) is 9.06. The van der Waals surface area contributed by atoms with Crippen molar-refractivity contribution in [3.63, 3.8) is 0 Å². The highest BCUT2D eigenvalue weighted by Gasteiger charge is 2.26. The molecule has 0 unspecified atom stereocenters. The first kappa shape index (κ1) is 19.5. The first-order chi connectivity index (χ1) is 13.1. The zero-order valence-electron chi connectivity index (χ0n) is 16.1. The van der Waals surface area contributed by atoms with Crippen LogP contribution in [0.1, 0.15) is 44.9 Å². The number of nitro benzene ring substituents is 1. The molecule has 1 aliphatic carbocycles. The van der Waals surface area contributed by atoms with Gasteiger partial charge in [0.25, 0.3) is 5.69 Å². The molecule has 1 saturated heterocycles. The fourth-order valence-corrected chi connectivity index (χ4v) is 4.20. The summed E-state index contributed by atoms with van der Waals surface area (Å²) in [5.41, 5.74) is 0.640. The summed E-state index contributed by atoms with van der Waals surface area (Å²) in [5.74, 6) is 1.41. The lowest BCUT2D eigenvalue weighted by Gasteiger charge is -2.36. The number of nitro groups is 1. The Hall–Kier alpha value is -2.31. The lowest BCUT2D eigenvalue weighted by molar-refractivity contribution is -0.384. The van der Waals surface area contributed by atoms with E-state index in [9.17, 15) is 14.9 Å². The molecule has 1 aromatic rings. The summed E-state index contributed by atoms with van der Waals surface area (Å²) in [4.78, 5) is 27.4. The molecule has 7 heteroatoms. The van der Waals surface area contributed by atoms with E-state index in [-0.39, 0.29) is 16.5 Å². The highest BCUT2D eigenvalue weighted by atomic mass is 16.6. The van der Waals surface area contributed by atoms with Crippen molar-refractivity contribution in [3.05, 3.63) is 28.3 Å². The van der Waals surface area contributed by atoms with Gasteiger partial charge in [0.15, 0.2) is 0 Å². The first-order valence-corrected chi connectivity index (χ1v) is 9.93. The van der Waals surface area contributed by atoms with Crippen LogP contribution in [0.5, 0.6) is 5.75 Å². The van der Waals surface area contributed by atoms with E-state index < -0.39 is 0 Å². The van der Waals surface area contributed by atoms with Crippen LogP contribution in [0, 0.1) is 16.0 Å². The van der Waals surface area contributed by atoms with Gasteiger partial charge in [0.05, 0.1) is 18.1 Å². The fraction of sp³-hybridized carbons (Fsp3) is 0.650. The Kier molecular flexibility index (Phi) is 6.53. The molecular weight excluding hydrogens is 346 g/mol. The van der Waals surface area contributed by atoms with E-state index >= 15 is 0 Å². The van der Waals surface area contributed by atoms with E-state index in [0.29, 0.717) is 50.0 Å². The quantitative estimate of drug-likeness (QED) is 0.561. The van der Waals surface area contributed by atoms with Gasteiger partial charge >= 0.3 is 0 Å². The van der Waals surface area contributed by atoms with Crippen LogP contribution in [0.3, 0.4) is 0 Å². The van der Waals surface area contributed by atoms with Gasteiger partial charge in [-0.05, 0) is 24.5 Å². The third kappa shape index (κ3) is 4.90. The monoisotopic (exact) mass is 375 g/mol. The van der Waals surface area contributed by atoms with Crippen molar-refractivity contribution < 1.29 is 14.5 Å². The average molecular weight is 375 g/mol. The number of carbonyl (C=O) groups excluding carboxylic acids is 1. The Morgan fingerprint density at radius 3 is 2.52 bits per heavy atom. The minimum absolute atomic E-state index is 0.0476. The van der Waals surface area contributed by atoms with Crippen LogP contribution in [-0.2, 0) is 4.79 Å². The summed E-state index contributed by atoms with van der Waals surface area (Å²) in [6, 6.07) is 4.93. The van der Waals surface area contributed by atoms with Crippen LogP contribution >= 0.6 is 0 Å². The molecule has 1 aromatic carbocycles. The Morgan fingerprint density at radius 1 is 1.19 bits per heavy atom. The van der Waals surface area contributed by atoms with Crippen LogP contribution in [0.2, 0.25) is 0 Å². The zero-order valence-corrected chi connectivity index (χ0v) is 16.1. The number of piperazine rings is 1. The number of hydrogen-bond acceptors (Lipinski definition) is 5. The van der Waals surface area contributed by atoms with Gasteiger partial charge in [-0.1, -0.05) is 32.1 Å². The zero-order chi connectivity index (χ0) is 19.2. The van der Waals surface area contributed by atoms with Crippen molar-refractivity contribution in [1.29, 1.82) is 0 Å². The number of rotatable bonds is 6. The van der Waals surface area contributed by atoms with Crippen LogP contribution in [-0.4, -0.2) is 49.0 Å². The maximum Gasteiger partial charge on any atom is 0.296 e. The molecule has 1 amide bonds. The third-order valence-electron chi connectivity index (χ3n) is 5.84. The van der Waals surface area contributed by atoms with Gasteiger partial charge in [-0.25, -0.2) is 0 Å². The third-order valence-corrected chi connectivity index (χ3v) is 5.84. The number of amides is 1. The number of benzene rings is 1. The Labute approximate surface area is 160 Å². The topological polar surface area (TPSA) is 75.9 Å². The standard InChI is InChI=1S/C20H29N3O4/c1-27-17-8-9-18(19(15-17)23(25)26)21-11-13-22(14-12-21)20(24)10-7-16-5-3-2-4-6-16/h8-9,15-16H,2-7,10-14H2,1H3. The normalized spacial score (nSPS) is 18.4. The molecule has 27 heavy (non-hydrogen) atoms. The van der Waals surface area contributed by atoms with E-state index in [4.69, 9.17) is 4.74 Å². The van der Waals surface area contributed by atoms with E-state index in [0.717, 1.165) is 6.42 Å². The molecule has 0 aromatic heterocycles. The predicted molar refractivity (Wildman–Crippen MR) is 104 cm³/mol. The molecule has 3 rings (SSSR count). The number of hydrogen-bond donors (Lipinski definition) is 0. The summed E-state index contributed by atoms with van der Waals surface area (Å²) in [5, 5.41) is 11.4. The molecule has 0 N–H and O–H groups in total. The number of carbonyl (C=O) groups is 1. The minimum Gasteiger partial charge on any atom is -0.496 e. The second-order valence-electron chi connectivity index (χ2n) is 7.52. The van der Waals surface area contributed by atoms with Crippen molar-refractivity contribution in [2.75, 3.05) is 38.2 Å². The van der Waals surface area contributed by atoms with Crippen molar-refractivity contribution in [1.82, 2.24) is 4.90 Å². The van der Waals surface area contributed by atoms with Crippen molar-refractivity contribution in [2.45, 2.75) is 44.9 Å². The number of methoxy groups -OCH3 is 1. The maximum atomic E-state index is 12.5. The fourth-order valence-electron chi connectivity index (χ4n) is 4.20. The molecule has 1 saturated carbocycles. The van der Waals surface area contributed by atoms with Gasteiger partial charge in [0.1, 0.15) is 11.4 Å².